The van der Waals surface area contributed by atoms with Gasteiger partial charge in [-0.25, -0.2) is 0 Å². The van der Waals surface area contributed by atoms with E-state index in [-0.39, 0.29) is 6.04 Å². The quantitative estimate of drug-likeness (QED) is 0.782. The van der Waals surface area contributed by atoms with Gasteiger partial charge in [0.2, 0.25) is 0 Å². The summed E-state index contributed by atoms with van der Waals surface area (Å²) in [7, 11) is 0. The van der Waals surface area contributed by atoms with Crippen LogP contribution in [0.1, 0.15) is 36.9 Å². The molecule has 0 saturated carbocycles. The number of nitrogens with zero attached hydrogens (tertiary/aromatic N) is 2. The molecule has 0 aliphatic rings. The molecule has 0 spiro atoms. The fourth-order valence-electron chi connectivity index (χ4n) is 1.19. The van der Waals surface area contributed by atoms with E-state index in [9.17, 15) is 0 Å². The van der Waals surface area contributed by atoms with Gasteiger partial charge in [0.25, 0.3) is 0 Å². The van der Waals surface area contributed by atoms with Crippen LogP contribution in [-0.2, 0) is 0 Å². The average Bonchev–Trinajstić information content (AvgIpc) is 2.33. The van der Waals surface area contributed by atoms with Gasteiger partial charge >= 0.3 is 0 Å². The third kappa shape index (κ3) is 2.25. The van der Waals surface area contributed by atoms with Crippen molar-refractivity contribution in [3.63, 3.8) is 0 Å². The Hall–Kier alpha value is -0.480. The van der Waals surface area contributed by atoms with Crippen molar-refractivity contribution in [1.82, 2.24) is 9.59 Å². The Balaban J connectivity index is 2.65. The molecule has 1 aromatic heterocycles. The second-order valence-electron chi connectivity index (χ2n) is 3.46. The Morgan fingerprint density at radius 2 is 2.17 bits per heavy atom. The van der Waals surface area contributed by atoms with Crippen LogP contribution in [0.15, 0.2) is 0 Å². The van der Waals surface area contributed by atoms with E-state index in [1.54, 1.807) is 0 Å². The molecule has 1 rings (SSSR count). The van der Waals surface area contributed by atoms with Crippen molar-refractivity contribution >= 4 is 11.5 Å². The van der Waals surface area contributed by atoms with E-state index in [1.807, 2.05) is 6.92 Å². The SMILES string of the molecule is Cc1nnsc1C(N)CC(C)C. The van der Waals surface area contributed by atoms with Crippen LogP contribution >= 0.6 is 11.5 Å². The molecule has 1 heterocycles. The van der Waals surface area contributed by atoms with E-state index < -0.39 is 0 Å². The maximum absolute atomic E-state index is 5.97. The Bertz CT molecular complexity index is 244. The molecule has 0 aliphatic heterocycles. The highest BCUT2D eigenvalue weighted by Gasteiger charge is 2.13. The van der Waals surface area contributed by atoms with E-state index in [1.165, 1.54) is 11.5 Å². The van der Waals surface area contributed by atoms with Gasteiger partial charge in [0.15, 0.2) is 0 Å². The molecular formula is C8H15N3S. The summed E-state index contributed by atoms with van der Waals surface area (Å²) in [6, 6.07) is 0.116. The number of hydrogen-bond donors (Lipinski definition) is 1. The molecule has 1 unspecified atom stereocenters. The van der Waals surface area contributed by atoms with Gasteiger partial charge in [-0.05, 0) is 30.8 Å². The molecule has 0 saturated heterocycles. The molecule has 0 bridgehead atoms. The van der Waals surface area contributed by atoms with Crippen molar-refractivity contribution in [3.05, 3.63) is 10.6 Å². The predicted octanol–water partition coefficient (Wildman–Crippen LogP) is 1.89. The lowest BCUT2D eigenvalue weighted by molar-refractivity contribution is 0.513. The minimum absolute atomic E-state index is 0.116. The first-order valence-corrected chi connectivity index (χ1v) is 4.93. The highest BCUT2D eigenvalue weighted by molar-refractivity contribution is 7.05. The number of rotatable bonds is 3. The molecule has 2 N–H and O–H groups in total. The average molecular weight is 185 g/mol. The largest absolute Gasteiger partial charge is 0.323 e. The molecule has 0 amide bonds. The first-order chi connectivity index (χ1) is 5.61. The van der Waals surface area contributed by atoms with Crippen molar-refractivity contribution in [2.45, 2.75) is 33.2 Å². The fraction of sp³-hybridized carbons (Fsp3) is 0.750. The van der Waals surface area contributed by atoms with Gasteiger partial charge < -0.3 is 5.73 Å². The maximum atomic E-state index is 5.97. The van der Waals surface area contributed by atoms with Crippen LogP contribution in [0.25, 0.3) is 0 Å². The molecular weight excluding hydrogens is 170 g/mol. The standard InChI is InChI=1S/C8H15N3S/c1-5(2)4-7(9)8-6(3)10-11-12-8/h5,7H,4,9H2,1-3H3. The smallest absolute Gasteiger partial charge is 0.0772 e. The zero-order chi connectivity index (χ0) is 9.14. The summed E-state index contributed by atoms with van der Waals surface area (Å²) in [5.74, 6) is 0.626. The van der Waals surface area contributed by atoms with Gasteiger partial charge in [0.05, 0.1) is 10.6 Å². The molecule has 1 aromatic rings. The number of nitrogens with two attached hydrogens (primary N) is 1. The van der Waals surface area contributed by atoms with Crippen LogP contribution in [0.5, 0.6) is 0 Å². The Labute approximate surface area is 77.2 Å². The minimum atomic E-state index is 0.116. The van der Waals surface area contributed by atoms with Gasteiger partial charge in [-0.3, -0.25) is 0 Å². The van der Waals surface area contributed by atoms with Gasteiger partial charge in [0, 0.05) is 6.04 Å². The van der Waals surface area contributed by atoms with Crippen LogP contribution in [0, 0.1) is 12.8 Å². The zero-order valence-electron chi connectivity index (χ0n) is 7.74. The van der Waals surface area contributed by atoms with Crippen molar-refractivity contribution in [1.29, 1.82) is 0 Å². The lowest BCUT2D eigenvalue weighted by Gasteiger charge is -2.11. The van der Waals surface area contributed by atoms with E-state index in [0.717, 1.165) is 17.0 Å². The summed E-state index contributed by atoms with van der Waals surface area (Å²) in [5, 5.41) is 3.93. The molecule has 0 aliphatic carbocycles. The highest BCUT2D eigenvalue weighted by atomic mass is 32.1. The van der Waals surface area contributed by atoms with E-state index in [4.69, 9.17) is 5.73 Å². The molecule has 0 fully saturated rings. The molecule has 12 heavy (non-hydrogen) atoms. The lowest BCUT2D eigenvalue weighted by Crippen LogP contribution is -2.12. The Kier molecular flexibility index (Phi) is 3.17. The second-order valence-corrected chi connectivity index (χ2v) is 4.24. The summed E-state index contributed by atoms with van der Waals surface area (Å²) in [5.41, 5.74) is 6.95. The van der Waals surface area contributed by atoms with Crippen molar-refractivity contribution in [2.24, 2.45) is 11.7 Å². The topological polar surface area (TPSA) is 51.8 Å². The molecule has 68 valence electrons. The third-order valence-corrected chi connectivity index (χ3v) is 2.71. The lowest BCUT2D eigenvalue weighted by atomic mass is 10.0. The summed E-state index contributed by atoms with van der Waals surface area (Å²) in [6.07, 6.45) is 1.00. The fourth-order valence-corrected chi connectivity index (χ4v) is 1.85. The van der Waals surface area contributed by atoms with Crippen LogP contribution < -0.4 is 5.73 Å². The van der Waals surface area contributed by atoms with Crippen LogP contribution in [0.2, 0.25) is 0 Å². The summed E-state index contributed by atoms with van der Waals surface area (Å²) in [4.78, 5) is 1.13. The maximum Gasteiger partial charge on any atom is 0.0772 e. The van der Waals surface area contributed by atoms with E-state index >= 15 is 0 Å². The van der Waals surface area contributed by atoms with E-state index in [0.29, 0.717) is 5.92 Å². The minimum Gasteiger partial charge on any atom is -0.323 e. The number of aryl methyl sites for hydroxylation is 1. The van der Waals surface area contributed by atoms with E-state index in [2.05, 4.69) is 23.4 Å². The van der Waals surface area contributed by atoms with Gasteiger partial charge in [0.1, 0.15) is 0 Å². The summed E-state index contributed by atoms with van der Waals surface area (Å²) < 4.78 is 3.86. The number of aromatic nitrogens is 2. The molecule has 0 aromatic carbocycles. The van der Waals surface area contributed by atoms with Crippen molar-refractivity contribution < 1.29 is 0 Å². The van der Waals surface area contributed by atoms with Crippen LogP contribution in [0.4, 0.5) is 0 Å². The predicted molar refractivity (Wildman–Crippen MR) is 51.0 cm³/mol. The van der Waals surface area contributed by atoms with Crippen LogP contribution in [0.3, 0.4) is 0 Å². The molecule has 0 radical (unpaired) electrons. The molecule has 1 atom stereocenters. The van der Waals surface area contributed by atoms with Gasteiger partial charge in [-0.15, -0.1) is 5.10 Å². The van der Waals surface area contributed by atoms with Crippen molar-refractivity contribution in [3.8, 4) is 0 Å². The first-order valence-electron chi connectivity index (χ1n) is 4.15. The van der Waals surface area contributed by atoms with Gasteiger partial charge in [-0.1, -0.05) is 18.3 Å². The van der Waals surface area contributed by atoms with Gasteiger partial charge in [-0.2, -0.15) is 0 Å². The summed E-state index contributed by atoms with van der Waals surface area (Å²) >= 11 is 1.41. The Morgan fingerprint density at radius 1 is 1.50 bits per heavy atom. The highest BCUT2D eigenvalue weighted by Crippen LogP contribution is 2.23. The second kappa shape index (κ2) is 3.96. The molecule has 4 heteroatoms. The monoisotopic (exact) mass is 185 g/mol. The summed E-state index contributed by atoms with van der Waals surface area (Å²) in [6.45, 7) is 6.30. The first kappa shape index (κ1) is 9.61. The zero-order valence-corrected chi connectivity index (χ0v) is 8.56. The Morgan fingerprint density at radius 3 is 2.58 bits per heavy atom. The number of hydrogen-bond acceptors (Lipinski definition) is 4. The molecule has 3 nitrogen and oxygen atoms in total. The van der Waals surface area contributed by atoms with Crippen LogP contribution in [-0.4, -0.2) is 9.59 Å². The van der Waals surface area contributed by atoms with Crippen molar-refractivity contribution in [2.75, 3.05) is 0 Å². The third-order valence-electron chi connectivity index (χ3n) is 1.75. The normalized spacial score (nSPS) is 13.8.